The molecule has 2 aromatic rings. The summed E-state index contributed by atoms with van der Waals surface area (Å²) in [6.07, 6.45) is 0.144. The molecule has 0 saturated heterocycles. The summed E-state index contributed by atoms with van der Waals surface area (Å²) in [5, 5.41) is 3.08. The topological polar surface area (TPSA) is 56.8 Å². The van der Waals surface area contributed by atoms with Crippen LogP contribution >= 0.6 is 0 Å². The molecule has 0 radical (unpaired) electrons. The molecule has 152 valence electrons. The molecule has 5 nitrogen and oxygen atoms in total. The van der Waals surface area contributed by atoms with E-state index in [1.807, 2.05) is 49.4 Å². The molecule has 0 aliphatic rings. The van der Waals surface area contributed by atoms with Gasteiger partial charge in [0.15, 0.2) is 17.6 Å². The molecule has 1 N–H and O–H groups in total. The van der Waals surface area contributed by atoms with Crippen LogP contribution in [0.5, 0.6) is 17.2 Å². The van der Waals surface area contributed by atoms with Crippen molar-refractivity contribution in [3.05, 3.63) is 53.6 Å². The summed E-state index contributed by atoms with van der Waals surface area (Å²) >= 11 is 0. The molecule has 0 aliphatic carbocycles. The summed E-state index contributed by atoms with van der Waals surface area (Å²) in [7, 11) is 3.20. The lowest BCUT2D eigenvalue weighted by atomic mass is 10.0. The molecule has 28 heavy (non-hydrogen) atoms. The number of para-hydroxylation sites is 1. The van der Waals surface area contributed by atoms with Gasteiger partial charge in [0.25, 0.3) is 5.91 Å². The zero-order chi connectivity index (χ0) is 20.7. The molecule has 0 aliphatic heterocycles. The summed E-state index contributed by atoms with van der Waals surface area (Å²) < 4.78 is 16.6. The molecule has 0 saturated carbocycles. The number of carbonyl (C=O) groups is 1. The van der Waals surface area contributed by atoms with Crippen LogP contribution < -0.4 is 19.5 Å². The van der Waals surface area contributed by atoms with Crippen LogP contribution in [0, 0.1) is 0 Å². The van der Waals surface area contributed by atoms with E-state index >= 15 is 0 Å². The predicted octanol–water partition coefficient (Wildman–Crippen LogP) is 4.86. The van der Waals surface area contributed by atoms with Crippen molar-refractivity contribution in [2.75, 3.05) is 14.2 Å². The van der Waals surface area contributed by atoms with Gasteiger partial charge in [0.05, 0.1) is 20.3 Å². The van der Waals surface area contributed by atoms with Gasteiger partial charge in [-0.3, -0.25) is 4.79 Å². The van der Waals surface area contributed by atoms with Gasteiger partial charge in [-0.15, -0.1) is 0 Å². The minimum absolute atomic E-state index is 0.140. The van der Waals surface area contributed by atoms with Crippen LogP contribution in [0.25, 0.3) is 0 Å². The van der Waals surface area contributed by atoms with Gasteiger partial charge >= 0.3 is 0 Å². The fourth-order valence-corrected chi connectivity index (χ4v) is 3.09. The van der Waals surface area contributed by atoms with Crippen molar-refractivity contribution in [1.29, 1.82) is 0 Å². The third-order valence-corrected chi connectivity index (χ3v) is 4.75. The summed E-state index contributed by atoms with van der Waals surface area (Å²) in [4.78, 5) is 12.8. The Labute approximate surface area is 168 Å². The summed E-state index contributed by atoms with van der Waals surface area (Å²) in [6, 6.07) is 13.4. The van der Waals surface area contributed by atoms with Gasteiger partial charge in [-0.1, -0.05) is 45.0 Å². The van der Waals surface area contributed by atoms with E-state index in [4.69, 9.17) is 14.2 Å². The fraction of sp³-hybridized carbons (Fsp3) is 0.435. The van der Waals surface area contributed by atoms with Crippen molar-refractivity contribution < 1.29 is 19.0 Å². The van der Waals surface area contributed by atoms with Crippen LogP contribution in [0.2, 0.25) is 0 Å². The fourth-order valence-electron chi connectivity index (χ4n) is 3.09. The molecule has 0 heterocycles. The minimum Gasteiger partial charge on any atom is -0.493 e. The van der Waals surface area contributed by atoms with Gasteiger partial charge in [0.1, 0.15) is 5.75 Å². The lowest BCUT2D eigenvalue weighted by Gasteiger charge is -2.23. The molecule has 0 fully saturated rings. The Morgan fingerprint density at radius 2 is 1.64 bits per heavy atom. The molecular formula is C23H31NO4. The quantitative estimate of drug-likeness (QED) is 0.670. The molecule has 0 aromatic heterocycles. The number of hydrogen-bond acceptors (Lipinski definition) is 4. The zero-order valence-electron chi connectivity index (χ0n) is 17.6. The Kier molecular flexibility index (Phi) is 7.73. The average molecular weight is 386 g/mol. The molecular weight excluding hydrogens is 354 g/mol. The zero-order valence-corrected chi connectivity index (χ0v) is 17.6. The molecule has 1 amide bonds. The van der Waals surface area contributed by atoms with Crippen LogP contribution in [0.3, 0.4) is 0 Å². The maximum absolute atomic E-state index is 12.8. The molecule has 5 heteroatoms. The molecule has 2 atom stereocenters. The molecule has 2 rings (SSSR count). The first kappa shape index (κ1) is 21.6. The second-order valence-corrected chi connectivity index (χ2v) is 7.04. The van der Waals surface area contributed by atoms with Crippen molar-refractivity contribution in [3.63, 3.8) is 0 Å². The number of hydrogen-bond donors (Lipinski definition) is 1. The van der Waals surface area contributed by atoms with Crippen LogP contribution in [-0.2, 0) is 4.79 Å². The van der Waals surface area contributed by atoms with Crippen LogP contribution in [0.1, 0.15) is 57.2 Å². The second kappa shape index (κ2) is 10.0. The van der Waals surface area contributed by atoms with Gasteiger partial charge in [0.2, 0.25) is 0 Å². The van der Waals surface area contributed by atoms with Crippen LogP contribution in [0.4, 0.5) is 0 Å². The highest BCUT2D eigenvalue weighted by Gasteiger charge is 2.21. The monoisotopic (exact) mass is 385 g/mol. The van der Waals surface area contributed by atoms with E-state index in [0.29, 0.717) is 17.4 Å². The van der Waals surface area contributed by atoms with Crippen LogP contribution in [-0.4, -0.2) is 26.2 Å². The summed E-state index contributed by atoms with van der Waals surface area (Å²) in [6.45, 7) is 8.02. The normalized spacial score (nSPS) is 13.0. The van der Waals surface area contributed by atoms with Crippen LogP contribution in [0.15, 0.2) is 42.5 Å². The molecule has 0 unspecified atom stereocenters. The first-order valence-electron chi connectivity index (χ1n) is 9.69. The van der Waals surface area contributed by atoms with E-state index in [1.165, 1.54) is 0 Å². The highest BCUT2D eigenvalue weighted by atomic mass is 16.5. The van der Waals surface area contributed by atoms with Gasteiger partial charge in [-0.05, 0) is 48.6 Å². The minimum atomic E-state index is -0.603. The number of carbonyl (C=O) groups excluding carboxylic acids is 1. The predicted molar refractivity (Wildman–Crippen MR) is 111 cm³/mol. The van der Waals surface area contributed by atoms with E-state index in [-0.39, 0.29) is 11.9 Å². The third kappa shape index (κ3) is 5.18. The standard InChI is InChI=1S/C23H31NO4/c1-7-19(17-12-13-21(26-5)22(14-17)27-6)24-23(25)16(4)28-20-11-9-8-10-18(20)15(2)3/h8-16,19H,7H2,1-6H3,(H,24,25)/t16-,19-/m1/s1. The Balaban J connectivity index is 2.11. The summed E-state index contributed by atoms with van der Waals surface area (Å²) in [5.74, 6) is 2.22. The number of amides is 1. The van der Waals surface area contributed by atoms with E-state index in [1.54, 1.807) is 21.1 Å². The van der Waals surface area contributed by atoms with Crippen molar-refractivity contribution >= 4 is 5.91 Å². The highest BCUT2D eigenvalue weighted by Crippen LogP contribution is 2.31. The Morgan fingerprint density at radius 1 is 0.964 bits per heavy atom. The SMILES string of the molecule is CC[C@@H](NC(=O)[C@@H](C)Oc1ccccc1C(C)C)c1ccc(OC)c(OC)c1. The largest absolute Gasteiger partial charge is 0.493 e. The number of nitrogens with one attached hydrogen (secondary N) is 1. The molecule has 0 bridgehead atoms. The van der Waals surface area contributed by atoms with E-state index in [0.717, 1.165) is 23.3 Å². The van der Waals surface area contributed by atoms with E-state index < -0.39 is 6.10 Å². The maximum atomic E-state index is 12.8. The molecule has 0 spiro atoms. The first-order chi connectivity index (χ1) is 13.4. The Hall–Kier alpha value is -2.69. The van der Waals surface area contributed by atoms with Crippen molar-refractivity contribution in [2.24, 2.45) is 0 Å². The summed E-state index contributed by atoms with van der Waals surface area (Å²) in [5.41, 5.74) is 2.05. The lowest BCUT2D eigenvalue weighted by Crippen LogP contribution is -2.38. The maximum Gasteiger partial charge on any atom is 0.261 e. The highest BCUT2D eigenvalue weighted by molar-refractivity contribution is 5.81. The number of methoxy groups -OCH3 is 2. The van der Waals surface area contributed by atoms with Crippen molar-refractivity contribution in [2.45, 2.75) is 52.2 Å². The second-order valence-electron chi connectivity index (χ2n) is 7.04. The van der Waals surface area contributed by atoms with E-state index in [2.05, 4.69) is 19.2 Å². The smallest absolute Gasteiger partial charge is 0.261 e. The first-order valence-corrected chi connectivity index (χ1v) is 9.69. The van der Waals surface area contributed by atoms with Gasteiger partial charge < -0.3 is 19.5 Å². The third-order valence-electron chi connectivity index (χ3n) is 4.75. The van der Waals surface area contributed by atoms with Gasteiger partial charge in [-0.25, -0.2) is 0 Å². The van der Waals surface area contributed by atoms with Crippen molar-refractivity contribution in [1.82, 2.24) is 5.32 Å². The number of benzene rings is 2. The lowest BCUT2D eigenvalue weighted by molar-refractivity contribution is -0.128. The van der Waals surface area contributed by atoms with Gasteiger partial charge in [-0.2, -0.15) is 0 Å². The average Bonchev–Trinajstić information content (AvgIpc) is 2.71. The molecule has 2 aromatic carbocycles. The Morgan fingerprint density at radius 3 is 2.25 bits per heavy atom. The van der Waals surface area contributed by atoms with E-state index in [9.17, 15) is 4.79 Å². The van der Waals surface area contributed by atoms with Crippen molar-refractivity contribution in [3.8, 4) is 17.2 Å². The van der Waals surface area contributed by atoms with Gasteiger partial charge in [0, 0.05) is 0 Å². The number of ether oxygens (including phenoxy) is 3. The Bertz CT molecular complexity index is 788. The number of rotatable bonds is 9.